The van der Waals surface area contributed by atoms with Gasteiger partial charge in [-0.05, 0) is 28.8 Å². The van der Waals surface area contributed by atoms with Crippen LogP contribution in [0.15, 0.2) is 10.7 Å². The monoisotopic (exact) mass is 241 g/mol. The summed E-state index contributed by atoms with van der Waals surface area (Å²) in [5.41, 5.74) is 0. The molecule has 70 valence electrons. The molecular weight excluding hydrogens is 230 g/mol. The summed E-state index contributed by atoms with van der Waals surface area (Å²) < 4.78 is 0.863. The Hall–Kier alpha value is -0.640. The first-order valence-electron chi connectivity index (χ1n) is 4.58. The van der Waals surface area contributed by atoms with Crippen molar-refractivity contribution in [2.24, 2.45) is 0 Å². The largest absolute Gasteiger partial charge is 0.367 e. The lowest BCUT2D eigenvalue weighted by molar-refractivity contribution is 0.921. The lowest BCUT2D eigenvalue weighted by atomic mass is 10.4. The number of hydrogen-bond acceptors (Lipinski definition) is 3. The molecule has 0 radical (unpaired) electrons. The number of halogens is 1. The average Bonchev–Trinajstić information content (AvgIpc) is 2.87. The van der Waals surface area contributed by atoms with E-state index in [1.165, 1.54) is 12.8 Å². The van der Waals surface area contributed by atoms with Crippen LogP contribution in [0.4, 0.5) is 5.82 Å². The van der Waals surface area contributed by atoms with Crippen LogP contribution in [0.3, 0.4) is 0 Å². The van der Waals surface area contributed by atoms with E-state index in [0.29, 0.717) is 6.04 Å². The first-order chi connectivity index (χ1) is 6.28. The third-order valence-electron chi connectivity index (χ3n) is 1.99. The third-order valence-corrected chi connectivity index (χ3v) is 2.39. The van der Waals surface area contributed by atoms with Crippen molar-refractivity contribution in [1.29, 1.82) is 0 Å². The van der Waals surface area contributed by atoms with E-state index in [1.807, 2.05) is 6.07 Å². The summed E-state index contributed by atoms with van der Waals surface area (Å²) in [5, 5.41) is 3.35. The number of aryl methyl sites for hydroxylation is 1. The van der Waals surface area contributed by atoms with Crippen LogP contribution in [0.2, 0.25) is 0 Å². The highest BCUT2D eigenvalue weighted by molar-refractivity contribution is 9.10. The highest BCUT2D eigenvalue weighted by Gasteiger charge is 2.21. The molecule has 2 rings (SSSR count). The lowest BCUT2D eigenvalue weighted by Crippen LogP contribution is -2.05. The predicted molar refractivity (Wildman–Crippen MR) is 55.8 cm³/mol. The molecule has 0 aliphatic heterocycles. The summed E-state index contributed by atoms with van der Waals surface area (Å²) in [5.74, 6) is 1.83. The van der Waals surface area contributed by atoms with E-state index in [0.717, 1.165) is 22.7 Å². The molecule has 0 spiro atoms. The second-order valence-electron chi connectivity index (χ2n) is 3.26. The molecule has 1 saturated carbocycles. The van der Waals surface area contributed by atoms with Crippen molar-refractivity contribution in [2.45, 2.75) is 32.2 Å². The Balaban J connectivity index is 2.17. The van der Waals surface area contributed by atoms with E-state index in [1.54, 1.807) is 0 Å². The molecule has 1 aromatic rings. The van der Waals surface area contributed by atoms with E-state index in [2.05, 4.69) is 38.1 Å². The SMILES string of the molecule is CCc1nc(Br)cc(NC2CC2)n1. The molecule has 3 nitrogen and oxygen atoms in total. The number of hydrogen-bond donors (Lipinski definition) is 1. The standard InChI is InChI=1S/C9H12BrN3/c1-2-8-12-7(10)5-9(13-8)11-6-3-4-6/h5-6H,2-4H2,1H3,(H,11,12,13). The number of nitrogens with zero attached hydrogens (tertiary/aromatic N) is 2. The quantitative estimate of drug-likeness (QED) is 0.827. The minimum absolute atomic E-state index is 0.645. The number of nitrogens with one attached hydrogen (secondary N) is 1. The molecular formula is C9H12BrN3. The molecule has 1 aliphatic carbocycles. The lowest BCUT2D eigenvalue weighted by Gasteiger charge is -2.05. The summed E-state index contributed by atoms with van der Waals surface area (Å²) in [6, 6.07) is 2.57. The Morgan fingerprint density at radius 1 is 1.54 bits per heavy atom. The molecule has 1 aliphatic rings. The molecule has 0 aromatic carbocycles. The third kappa shape index (κ3) is 2.40. The predicted octanol–water partition coefficient (Wildman–Crippen LogP) is 2.38. The van der Waals surface area contributed by atoms with Crippen LogP contribution in [0.25, 0.3) is 0 Å². The van der Waals surface area contributed by atoms with Crippen molar-refractivity contribution in [3.63, 3.8) is 0 Å². The smallest absolute Gasteiger partial charge is 0.131 e. The fraction of sp³-hybridized carbons (Fsp3) is 0.556. The van der Waals surface area contributed by atoms with Gasteiger partial charge in [-0.1, -0.05) is 6.92 Å². The zero-order valence-electron chi connectivity index (χ0n) is 7.55. The minimum atomic E-state index is 0.645. The van der Waals surface area contributed by atoms with Gasteiger partial charge in [0.15, 0.2) is 0 Å². The van der Waals surface area contributed by atoms with Crippen molar-refractivity contribution in [3.05, 3.63) is 16.5 Å². The zero-order valence-corrected chi connectivity index (χ0v) is 9.13. The van der Waals surface area contributed by atoms with Gasteiger partial charge in [0.1, 0.15) is 16.2 Å². The van der Waals surface area contributed by atoms with Crippen LogP contribution in [0.5, 0.6) is 0 Å². The summed E-state index contributed by atoms with van der Waals surface area (Å²) in [6.07, 6.45) is 3.41. The van der Waals surface area contributed by atoms with Gasteiger partial charge in [-0.15, -0.1) is 0 Å². The van der Waals surface area contributed by atoms with Crippen LogP contribution in [-0.4, -0.2) is 16.0 Å². The Bertz CT molecular complexity index is 310. The van der Waals surface area contributed by atoms with E-state index in [4.69, 9.17) is 0 Å². The van der Waals surface area contributed by atoms with Crippen LogP contribution >= 0.6 is 15.9 Å². The fourth-order valence-corrected chi connectivity index (χ4v) is 1.56. The maximum atomic E-state index is 4.38. The normalized spacial score (nSPS) is 15.8. The molecule has 1 heterocycles. The number of anilines is 1. The van der Waals surface area contributed by atoms with E-state index in [9.17, 15) is 0 Å². The van der Waals surface area contributed by atoms with Gasteiger partial charge < -0.3 is 5.32 Å². The van der Waals surface area contributed by atoms with Gasteiger partial charge in [-0.2, -0.15) is 0 Å². The first-order valence-corrected chi connectivity index (χ1v) is 5.37. The van der Waals surface area contributed by atoms with Gasteiger partial charge in [0.05, 0.1) is 0 Å². The second kappa shape index (κ2) is 3.62. The van der Waals surface area contributed by atoms with Crippen molar-refractivity contribution < 1.29 is 0 Å². The molecule has 0 bridgehead atoms. The maximum Gasteiger partial charge on any atom is 0.131 e. The molecule has 0 atom stereocenters. The summed E-state index contributed by atoms with van der Waals surface area (Å²) in [6.45, 7) is 2.06. The molecule has 0 amide bonds. The van der Waals surface area contributed by atoms with Crippen LogP contribution in [0.1, 0.15) is 25.6 Å². The number of rotatable bonds is 3. The van der Waals surface area contributed by atoms with Gasteiger partial charge in [0.25, 0.3) is 0 Å². The zero-order chi connectivity index (χ0) is 9.26. The van der Waals surface area contributed by atoms with Gasteiger partial charge in [0.2, 0.25) is 0 Å². The highest BCUT2D eigenvalue weighted by atomic mass is 79.9. The Labute approximate surface area is 86.1 Å². The Morgan fingerprint density at radius 2 is 2.31 bits per heavy atom. The second-order valence-corrected chi connectivity index (χ2v) is 4.08. The fourth-order valence-electron chi connectivity index (χ4n) is 1.13. The van der Waals surface area contributed by atoms with Crippen molar-refractivity contribution >= 4 is 21.7 Å². The van der Waals surface area contributed by atoms with E-state index in [-0.39, 0.29) is 0 Å². The van der Waals surface area contributed by atoms with Crippen LogP contribution in [-0.2, 0) is 6.42 Å². The molecule has 1 fully saturated rings. The molecule has 0 unspecified atom stereocenters. The number of aromatic nitrogens is 2. The van der Waals surface area contributed by atoms with Crippen LogP contribution < -0.4 is 5.32 Å². The van der Waals surface area contributed by atoms with Gasteiger partial charge in [-0.25, -0.2) is 9.97 Å². The van der Waals surface area contributed by atoms with Crippen LogP contribution in [0, 0.1) is 0 Å². The van der Waals surface area contributed by atoms with Crippen molar-refractivity contribution in [2.75, 3.05) is 5.32 Å². The maximum absolute atomic E-state index is 4.38. The minimum Gasteiger partial charge on any atom is -0.367 e. The molecule has 1 aromatic heterocycles. The van der Waals surface area contributed by atoms with Gasteiger partial charge in [-0.3, -0.25) is 0 Å². The molecule has 4 heteroatoms. The van der Waals surface area contributed by atoms with Gasteiger partial charge >= 0.3 is 0 Å². The molecule has 1 N–H and O–H groups in total. The topological polar surface area (TPSA) is 37.8 Å². The Kier molecular flexibility index (Phi) is 2.49. The molecule has 0 saturated heterocycles. The summed E-state index contributed by atoms with van der Waals surface area (Å²) in [4.78, 5) is 8.63. The van der Waals surface area contributed by atoms with E-state index < -0.39 is 0 Å². The summed E-state index contributed by atoms with van der Waals surface area (Å²) >= 11 is 3.37. The Morgan fingerprint density at radius 3 is 2.92 bits per heavy atom. The van der Waals surface area contributed by atoms with Gasteiger partial charge in [0, 0.05) is 18.5 Å². The highest BCUT2D eigenvalue weighted by Crippen LogP contribution is 2.24. The van der Waals surface area contributed by atoms with Crippen molar-refractivity contribution in [1.82, 2.24) is 9.97 Å². The van der Waals surface area contributed by atoms with E-state index >= 15 is 0 Å². The molecule has 13 heavy (non-hydrogen) atoms. The average molecular weight is 242 g/mol. The summed E-state index contributed by atoms with van der Waals surface area (Å²) in [7, 11) is 0. The van der Waals surface area contributed by atoms with Crippen molar-refractivity contribution in [3.8, 4) is 0 Å². The first kappa shape index (κ1) is 8.94.